The number of carbonyl (C=O) groups excluding carboxylic acids is 1. The molecular formula is C18H18N2O3. The highest BCUT2D eigenvalue weighted by Crippen LogP contribution is 2.24. The molecule has 0 radical (unpaired) electrons. The number of likely N-dealkylation sites (tertiary alicyclic amines) is 1. The van der Waals surface area contributed by atoms with E-state index in [1.54, 1.807) is 12.1 Å². The van der Waals surface area contributed by atoms with Gasteiger partial charge in [-0.05, 0) is 30.9 Å². The molecular weight excluding hydrogens is 292 g/mol. The number of nitro benzene ring substituents is 1. The Labute approximate surface area is 134 Å². The summed E-state index contributed by atoms with van der Waals surface area (Å²) in [6.45, 7) is 0.707. The summed E-state index contributed by atoms with van der Waals surface area (Å²) in [7, 11) is 0. The van der Waals surface area contributed by atoms with E-state index < -0.39 is 4.92 Å². The lowest BCUT2D eigenvalue weighted by Gasteiger charge is -2.25. The number of carbonyl (C=O) groups is 1. The van der Waals surface area contributed by atoms with Gasteiger partial charge in [0.2, 0.25) is 0 Å². The SMILES string of the molecule is O=C(c1cccc([N+](=O)[O-])c1)N1CCCC1Cc1ccccc1. The molecule has 5 nitrogen and oxygen atoms in total. The fourth-order valence-electron chi connectivity index (χ4n) is 3.12. The molecule has 1 amide bonds. The number of rotatable bonds is 4. The van der Waals surface area contributed by atoms with Crippen molar-refractivity contribution in [1.82, 2.24) is 4.90 Å². The summed E-state index contributed by atoms with van der Waals surface area (Å²) in [6, 6.07) is 16.2. The minimum Gasteiger partial charge on any atom is -0.335 e. The first-order valence-electron chi connectivity index (χ1n) is 7.74. The van der Waals surface area contributed by atoms with Crippen LogP contribution in [0.5, 0.6) is 0 Å². The van der Waals surface area contributed by atoms with Crippen molar-refractivity contribution in [2.75, 3.05) is 6.54 Å². The Bertz CT molecular complexity index is 715. The molecule has 0 spiro atoms. The van der Waals surface area contributed by atoms with Crippen LogP contribution in [0.1, 0.15) is 28.8 Å². The van der Waals surface area contributed by atoms with Gasteiger partial charge in [-0.15, -0.1) is 0 Å². The Kier molecular flexibility index (Phi) is 4.37. The van der Waals surface area contributed by atoms with E-state index in [1.807, 2.05) is 23.1 Å². The molecule has 3 rings (SSSR count). The van der Waals surface area contributed by atoms with Gasteiger partial charge in [0.05, 0.1) is 4.92 Å². The Morgan fingerprint density at radius 2 is 1.96 bits per heavy atom. The van der Waals surface area contributed by atoms with Crippen LogP contribution in [0, 0.1) is 10.1 Å². The summed E-state index contributed by atoms with van der Waals surface area (Å²) in [5.41, 5.74) is 1.55. The molecule has 1 saturated heterocycles. The van der Waals surface area contributed by atoms with E-state index in [1.165, 1.54) is 17.7 Å². The van der Waals surface area contributed by atoms with E-state index in [9.17, 15) is 14.9 Å². The van der Waals surface area contributed by atoms with Gasteiger partial charge in [-0.1, -0.05) is 36.4 Å². The summed E-state index contributed by atoms with van der Waals surface area (Å²) in [5.74, 6) is -0.118. The zero-order chi connectivity index (χ0) is 16.2. The van der Waals surface area contributed by atoms with Crippen LogP contribution in [-0.2, 0) is 6.42 Å². The molecule has 2 aromatic carbocycles. The average Bonchev–Trinajstić information content (AvgIpc) is 3.03. The average molecular weight is 310 g/mol. The number of nitrogens with zero attached hydrogens (tertiary/aromatic N) is 2. The Morgan fingerprint density at radius 3 is 2.70 bits per heavy atom. The van der Waals surface area contributed by atoms with E-state index in [0.29, 0.717) is 12.1 Å². The molecule has 0 N–H and O–H groups in total. The second-order valence-electron chi connectivity index (χ2n) is 5.79. The van der Waals surface area contributed by atoms with Gasteiger partial charge in [-0.3, -0.25) is 14.9 Å². The molecule has 0 saturated carbocycles. The van der Waals surface area contributed by atoms with Crippen molar-refractivity contribution in [2.24, 2.45) is 0 Å². The lowest BCUT2D eigenvalue weighted by molar-refractivity contribution is -0.384. The molecule has 1 unspecified atom stereocenters. The molecule has 1 aliphatic rings. The van der Waals surface area contributed by atoms with Crippen molar-refractivity contribution in [3.05, 3.63) is 75.8 Å². The smallest absolute Gasteiger partial charge is 0.270 e. The predicted octanol–water partition coefficient (Wildman–Crippen LogP) is 3.44. The van der Waals surface area contributed by atoms with Gasteiger partial charge in [0.15, 0.2) is 0 Å². The first kappa shape index (κ1) is 15.2. The van der Waals surface area contributed by atoms with E-state index in [4.69, 9.17) is 0 Å². The first-order chi connectivity index (χ1) is 11.1. The van der Waals surface area contributed by atoms with E-state index in [-0.39, 0.29) is 17.6 Å². The highest BCUT2D eigenvalue weighted by Gasteiger charge is 2.29. The molecule has 1 atom stereocenters. The van der Waals surface area contributed by atoms with E-state index >= 15 is 0 Å². The Hall–Kier alpha value is -2.69. The lowest BCUT2D eigenvalue weighted by atomic mass is 10.0. The minimum absolute atomic E-state index is 0.0466. The van der Waals surface area contributed by atoms with Crippen molar-refractivity contribution in [2.45, 2.75) is 25.3 Å². The van der Waals surface area contributed by atoms with Crippen LogP contribution in [0.3, 0.4) is 0 Å². The molecule has 1 aliphatic heterocycles. The molecule has 0 aliphatic carbocycles. The number of nitro groups is 1. The standard InChI is InChI=1S/C18H18N2O3/c21-18(15-8-4-9-17(13-15)20(22)23)19-11-5-10-16(19)12-14-6-2-1-3-7-14/h1-4,6-9,13,16H,5,10-12H2. The molecule has 118 valence electrons. The van der Waals surface area contributed by atoms with Crippen LogP contribution in [0.2, 0.25) is 0 Å². The summed E-state index contributed by atoms with van der Waals surface area (Å²) >= 11 is 0. The van der Waals surface area contributed by atoms with Crippen LogP contribution in [0.15, 0.2) is 54.6 Å². The second-order valence-corrected chi connectivity index (χ2v) is 5.79. The van der Waals surface area contributed by atoms with Crippen molar-refractivity contribution in [3.8, 4) is 0 Å². The third kappa shape index (κ3) is 3.39. The maximum Gasteiger partial charge on any atom is 0.270 e. The topological polar surface area (TPSA) is 63.4 Å². The summed E-state index contributed by atoms with van der Waals surface area (Å²) in [5, 5.41) is 10.9. The monoisotopic (exact) mass is 310 g/mol. The van der Waals surface area contributed by atoms with Gasteiger partial charge in [-0.25, -0.2) is 0 Å². The Morgan fingerprint density at radius 1 is 1.17 bits per heavy atom. The highest BCUT2D eigenvalue weighted by molar-refractivity contribution is 5.95. The quantitative estimate of drug-likeness (QED) is 0.642. The van der Waals surface area contributed by atoms with Crippen molar-refractivity contribution < 1.29 is 9.72 Å². The molecule has 23 heavy (non-hydrogen) atoms. The fourth-order valence-corrected chi connectivity index (χ4v) is 3.12. The van der Waals surface area contributed by atoms with E-state index in [2.05, 4.69) is 12.1 Å². The summed E-state index contributed by atoms with van der Waals surface area (Å²) in [4.78, 5) is 25.0. The molecule has 2 aromatic rings. The van der Waals surface area contributed by atoms with Gasteiger partial charge in [0, 0.05) is 30.3 Å². The summed E-state index contributed by atoms with van der Waals surface area (Å²) < 4.78 is 0. The van der Waals surface area contributed by atoms with Crippen molar-refractivity contribution in [3.63, 3.8) is 0 Å². The molecule has 0 aromatic heterocycles. The normalized spacial score (nSPS) is 17.2. The van der Waals surface area contributed by atoms with Crippen LogP contribution < -0.4 is 0 Å². The summed E-state index contributed by atoms with van der Waals surface area (Å²) in [6.07, 6.45) is 2.76. The zero-order valence-corrected chi connectivity index (χ0v) is 12.7. The maximum absolute atomic E-state index is 12.7. The fraction of sp³-hybridized carbons (Fsp3) is 0.278. The van der Waals surface area contributed by atoms with Gasteiger partial charge in [0.25, 0.3) is 11.6 Å². The molecule has 5 heteroatoms. The van der Waals surface area contributed by atoms with Crippen LogP contribution in [0.25, 0.3) is 0 Å². The van der Waals surface area contributed by atoms with Crippen molar-refractivity contribution in [1.29, 1.82) is 0 Å². The van der Waals surface area contributed by atoms with E-state index in [0.717, 1.165) is 19.3 Å². The lowest BCUT2D eigenvalue weighted by Crippen LogP contribution is -2.36. The number of amides is 1. The first-order valence-corrected chi connectivity index (χ1v) is 7.74. The third-order valence-electron chi connectivity index (χ3n) is 4.26. The number of non-ortho nitro benzene ring substituents is 1. The van der Waals surface area contributed by atoms with Gasteiger partial charge >= 0.3 is 0 Å². The van der Waals surface area contributed by atoms with Gasteiger partial charge in [0.1, 0.15) is 0 Å². The Balaban J connectivity index is 1.78. The maximum atomic E-state index is 12.7. The number of benzene rings is 2. The molecule has 0 bridgehead atoms. The number of hydrogen-bond acceptors (Lipinski definition) is 3. The minimum atomic E-state index is -0.470. The van der Waals surface area contributed by atoms with Crippen LogP contribution in [-0.4, -0.2) is 28.3 Å². The van der Waals surface area contributed by atoms with Crippen molar-refractivity contribution >= 4 is 11.6 Å². The third-order valence-corrected chi connectivity index (χ3v) is 4.26. The van der Waals surface area contributed by atoms with Crippen LogP contribution >= 0.6 is 0 Å². The van der Waals surface area contributed by atoms with Crippen LogP contribution in [0.4, 0.5) is 5.69 Å². The number of hydrogen-bond donors (Lipinski definition) is 0. The predicted molar refractivity (Wildman–Crippen MR) is 87.3 cm³/mol. The second kappa shape index (κ2) is 6.60. The molecule has 1 fully saturated rings. The highest BCUT2D eigenvalue weighted by atomic mass is 16.6. The zero-order valence-electron chi connectivity index (χ0n) is 12.7. The molecule has 1 heterocycles. The van der Waals surface area contributed by atoms with Gasteiger partial charge < -0.3 is 4.90 Å². The van der Waals surface area contributed by atoms with Gasteiger partial charge in [-0.2, -0.15) is 0 Å². The largest absolute Gasteiger partial charge is 0.335 e.